The lowest BCUT2D eigenvalue weighted by Gasteiger charge is -2.06. The number of carboxylic acids is 1. The Kier molecular flexibility index (Phi) is 9.55. The summed E-state index contributed by atoms with van der Waals surface area (Å²) >= 11 is 0. The molecule has 0 spiro atoms. The first-order valence-electron chi connectivity index (χ1n) is 8.49. The molecule has 0 aliphatic heterocycles. The lowest BCUT2D eigenvalue weighted by molar-refractivity contribution is 0.0697. The Balaban J connectivity index is 0.00000312. The van der Waals surface area contributed by atoms with Crippen molar-refractivity contribution in [3.63, 3.8) is 0 Å². The van der Waals surface area contributed by atoms with Crippen LogP contribution in [0, 0.1) is 0 Å². The molecular formula is C19H25ClN2O3. The number of aromatic nitrogens is 2. The smallest absolute Gasteiger partial charge is 0.335 e. The zero-order valence-electron chi connectivity index (χ0n) is 14.5. The highest BCUT2D eigenvalue weighted by atomic mass is 35.5. The van der Waals surface area contributed by atoms with Gasteiger partial charge in [-0.15, -0.1) is 12.4 Å². The maximum absolute atomic E-state index is 10.8. The van der Waals surface area contributed by atoms with Crippen molar-refractivity contribution in [3.05, 3.63) is 42.2 Å². The summed E-state index contributed by atoms with van der Waals surface area (Å²) in [4.78, 5) is 19.4. The number of unbranched alkanes of at least 4 members (excludes halogenated alkanes) is 5. The molecule has 0 saturated heterocycles. The molecule has 136 valence electrons. The van der Waals surface area contributed by atoms with Gasteiger partial charge in [0.15, 0.2) is 11.6 Å². The van der Waals surface area contributed by atoms with E-state index in [4.69, 9.17) is 9.84 Å². The summed E-state index contributed by atoms with van der Waals surface area (Å²) in [6, 6.07) is 6.50. The Hall–Kier alpha value is -2.14. The van der Waals surface area contributed by atoms with E-state index in [9.17, 15) is 4.79 Å². The van der Waals surface area contributed by atoms with E-state index in [-0.39, 0.29) is 18.0 Å². The lowest BCUT2D eigenvalue weighted by Crippen LogP contribution is -1.99. The van der Waals surface area contributed by atoms with Crippen LogP contribution in [-0.2, 0) is 0 Å². The summed E-state index contributed by atoms with van der Waals surface area (Å²) in [6.45, 7) is 2.90. The van der Waals surface area contributed by atoms with E-state index < -0.39 is 5.97 Å². The van der Waals surface area contributed by atoms with E-state index >= 15 is 0 Å². The summed E-state index contributed by atoms with van der Waals surface area (Å²) in [5.41, 5.74) is 1.03. The van der Waals surface area contributed by atoms with Gasteiger partial charge in [0.25, 0.3) is 0 Å². The average molecular weight is 365 g/mol. The van der Waals surface area contributed by atoms with Gasteiger partial charge in [-0.3, -0.25) is 0 Å². The monoisotopic (exact) mass is 364 g/mol. The van der Waals surface area contributed by atoms with Crippen LogP contribution in [0.5, 0.6) is 5.75 Å². The number of aromatic carboxylic acids is 1. The minimum absolute atomic E-state index is 0. The van der Waals surface area contributed by atoms with Crippen molar-refractivity contribution < 1.29 is 14.6 Å². The molecule has 0 radical (unpaired) electrons. The van der Waals surface area contributed by atoms with Crippen molar-refractivity contribution in [2.45, 2.75) is 45.4 Å². The Morgan fingerprint density at radius 1 is 1.00 bits per heavy atom. The molecule has 5 nitrogen and oxygen atoms in total. The van der Waals surface area contributed by atoms with Crippen LogP contribution in [0.4, 0.5) is 0 Å². The van der Waals surface area contributed by atoms with Crippen LogP contribution < -0.4 is 4.74 Å². The van der Waals surface area contributed by atoms with Gasteiger partial charge >= 0.3 is 5.97 Å². The van der Waals surface area contributed by atoms with Crippen molar-refractivity contribution >= 4 is 18.4 Å². The van der Waals surface area contributed by atoms with Gasteiger partial charge in [-0.2, -0.15) is 0 Å². The average Bonchev–Trinajstić information content (AvgIpc) is 2.61. The highest BCUT2D eigenvalue weighted by Crippen LogP contribution is 2.17. The Morgan fingerprint density at radius 3 is 2.20 bits per heavy atom. The van der Waals surface area contributed by atoms with Gasteiger partial charge in [0.1, 0.15) is 0 Å². The highest BCUT2D eigenvalue weighted by molar-refractivity contribution is 5.88. The second-order valence-electron chi connectivity index (χ2n) is 5.74. The molecule has 1 aromatic heterocycles. The largest absolute Gasteiger partial charge is 0.490 e. The number of benzene rings is 1. The molecular weight excluding hydrogens is 340 g/mol. The minimum atomic E-state index is -0.944. The van der Waals surface area contributed by atoms with Crippen molar-refractivity contribution in [1.82, 2.24) is 9.97 Å². The van der Waals surface area contributed by atoms with Crippen molar-refractivity contribution in [2.75, 3.05) is 6.61 Å². The van der Waals surface area contributed by atoms with Gasteiger partial charge in [-0.05, 0) is 18.6 Å². The number of ether oxygens (including phenoxy) is 1. The predicted molar refractivity (Wildman–Crippen MR) is 101 cm³/mol. The van der Waals surface area contributed by atoms with Crippen LogP contribution in [0.25, 0.3) is 11.4 Å². The normalized spacial score (nSPS) is 10.1. The molecule has 0 aliphatic carbocycles. The number of nitrogens with zero attached hydrogens (tertiary/aromatic N) is 2. The molecule has 0 saturated carbocycles. The van der Waals surface area contributed by atoms with Crippen LogP contribution in [0.2, 0.25) is 0 Å². The quantitative estimate of drug-likeness (QED) is 0.600. The molecule has 0 fully saturated rings. The Morgan fingerprint density at radius 2 is 1.60 bits per heavy atom. The maximum Gasteiger partial charge on any atom is 0.335 e. The third kappa shape index (κ3) is 7.10. The summed E-state index contributed by atoms with van der Waals surface area (Å²) in [6.07, 6.45) is 10.7. The highest BCUT2D eigenvalue weighted by Gasteiger charge is 2.05. The Bertz CT molecular complexity index is 630. The zero-order valence-corrected chi connectivity index (χ0v) is 15.3. The van der Waals surface area contributed by atoms with E-state index in [2.05, 4.69) is 16.9 Å². The van der Waals surface area contributed by atoms with Crippen molar-refractivity contribution in [1.29, 1.82) is 0 Å². The fourth-order valence-corrected chi connectivity index (χ4v) is 2.37. The maximum atomic E-state index is 10.8. The molecule has 0 amide bonds. The number of halogens is 1. The first kappa shape index (κ1) is 20.9. The molecule has 6 heteroatoms. The first-order valence-corrected chi connectivity index (χ1v) is 8.49. The van der Waals surface area contributed by atoms with Gasteiger partial charge in [-0.25, -0.2) is 14.8 Å². The number of rotatable bonds is 10. The fraction of sp³-hybridized carbons (Fsp3) is 0.421. The van der Waals surface area contributed by atoms with E-state index in [0.29, 0.717) is 18.2 Å². The number of hydrogen-bond donors (Lipinski definition) is 1. The molecule has 1 aromatic carbocycles. The molecule has 25 heavy (non-hydrogen) atoms. The van der Waals surface area contributed by atoms with Gasteiger partial charge in [0, 0.05) is 5.56 Å². The predicted octanol–water partition coefficient (Wildman–Crippen LogP) is 5.00. The SMILES string of the molecule is CCCCCCCCOc1cnc(-c2ccc(C(=O)O)cc2)nc1.Cl. The van der Waals surface area contributed by atoms with Gasteiger partial charge in [-0.1, -0.05) is 51.2 Å². The Labute approximate surface area is 154 Å². The molecule has 1 N–H and O–H groups in total. The number of carbonyl (C=O) groups is 1. The summed E-state index contributed by atoms with van der Waals surface area (Å²) in [7, 11) is 0. The van der Waals surface area contributed by atoms with E-state index in [1.807, 2.05) is 0 Å². The van der Waals surface area contributed by atoms with Crippen molar-refractivity contribution in [3.8, 4) is 17.1 Å². The second-order valence-corrected chi connectivity index (χ2v) is 5.74. The fourth-order valence-electron chi connectivity index (χ4n) is 2.37. The van der Waals surface area contributed by atoms with Crippen LogP contribution in [0.3, 0.4) is 0 Å². The van der Waals surface area contributed by atoms with E-state index in [1.165, 1.54) is 32.1 Å². The molecule has 0 bridgehead atoms. The van der Waals surface area contributed by atoms with E-state index in [0.717, 1.165) is 12.0 Å². The molecule has 0 unspecified atom stereocenters. The second kappa shape index (κ2) is 11.4. The first-order chi connectivity index (χ1) is 11.7. The number of hydrogen-bond acceptors (Lipinski definition) is 4. The number of carboxylic acid groups (broad SMARTS) is 1. The summed E-state index contributed by atoms with van der Waals surface area (Å²) in [5, 5.41) is 8.90. The van der Waals surface area contributed by atoms with Crippen LogP contribution in [0.1, 0.15) is 55.8 Å². The standard InChI is InChI=1S/C19H24N2O3.ClH/c1-2-3-4-5-6-7-12-24-17-13-20-18(21-14-17)15-8-10-16(11-9-15)19(22)23;/h8-11,13-14H,2-7,12H2,1H3,(H,22,23);1H. The summed E-state index contributed by atoms with van der Waals surface area (Å²) < 4.78 is 5.65. The third-order valence-corrected chi connectivity index (χ3v) is 3.78. The molecule has 1 heterocycles. The van der Waals surface area contributed by atoms with Gasteiger partial charge in [0.05, 0.1) is 24.6 Å². The topological polar surface area (TPSA) is 72.3 Å². The third-order valence-electron chi connectivity index (χ3n) is 3.78. The zero-order chi connectivity index (χ0) is 17.2. The van der Waals surface area contributed by atoms with Gasteiger partial charge < -0.3 is 9.84 Å². The van der Waals surface area contributed by atoms with Crippen LogP contribution in [-0.4, -0.2) is 27.7 Å². The lowest BCUT2D eigenvalue weighted by atomic mass is 10.1. The minimum Gasteiger partial charge on any atom is -0.490 e. The van der Waals surface area contributed by atoms with Crippen LogP contribution in [0.15, 0.2) is 36.7 Å². The molecule has 0 aliphatic rings. The summed E-state index contributed by atoms with van der Waals surface area (Å²) in [5.74, 6) is 0.272. The van der Waals surface area contributed by atoms with Crippen LogP contribution >= 0.6 is 12.4 Å². The molecule has 2 aromatic rings. The molecule has 0 atom stereocenters. The van der Waals surface area contributed by atoms with Gasteiger partial charge in [0.2, 0.25) is 0 Å². The van der Waals surface area contributed by atoms with E-state index in [1.54, 1.807) is 36.7 Å². The molecule has 2 rings (SSSR count). The van der Waals surface area contributed by atoms with Crippen molar-refractivity contribution in [2.24, 2.45) is 0 Å².